The van der Waals surface area contributed by atoms with Crippen molar-refractivity contribution in [3.63, 3.8) is 0 Å². The topological polar surface area (TPSA) is 69.7 Å². The van der Waals surface area contributed by atoms with E-state index in [1.54, 1.807) is 35.2 Å². The van der Waals surface area contributed by atoms with Crippen LogP contribution in [0.3, 0.4) is 0 Å². The van der Waals surface area contributed by atoms with Crippen LogP contribution in [-0.2, 0) is 9.59 Å². The number of urea groups is 1. The number of halogens is 1. The van der Waals surface area contributed by atoms with Crippen LogP contribution in [0.25, 0.3) is 0 Å². The lowest BCUT2D eigenvalue weighted by molar-refractivity contribution is -0.124. The van der Waals surface area contributed by atoms with E-state index in [0.717, 1.165) is 25.7 Å². The molecule has 0 spiro atoms. The monoisotopic (exact) mass is 395 g/mol. The first kappa shape index (κ1) is 19.1. The van der Waals surface area contributed by atoms with Crippen molar-refractivity contribution >= 4 is 29.2 Å². The molecule has 6 nitrogen and oxygen atoms in total. The molecule has 2 aromatic rings. The zero-order valence-electron chi connectivity index (χ0n) is 15.9. The molecule has 1 saturated carbocycles. The van der Waals surface area contributed by atoms with E-state index in [1.165, 1.54) is 23.1 Å². The van der Waals surface area contributed by atoms with Crippen LogP contribution in [0.1, 0.15) is 32.1 Å². The van der Waals surface area contributed by atoms with Gasteiger partial charge >= 0.3 is 6.03 Å². The summed E-state index contributed by atoms with van der Waals surface area (Å²) in [7, 11) is 0. The molecule has 2 fully saturated rings. The number of hydrogen-bond donors (Lipinski definition) is 1. The number of hydrogen-bond acceptors (Lipinski definition) is 3. The van der Waals surface area contributed by atoms with Crippen molar-refractivity contribution in [1.29, 1.82) is 0 Å². The molecular formula is C22H22FN3O3. The van der Waals surface area contributed by atoms with Crippen LogP contribution in [0.15, 0.2) is 54.6 Å². The van der Waals surface area contributed by atoms with Crippen molar-refractivity contribution in [3.05, 3.63) is 60.4 Å². The Labute approximate surface area is 168 Å². The van der Waals surface area contributed by atoms with Crippen LogP contribution in [0.4, 0.5) is 20.6 Å². The standard InChI is InChI=1S/C22H22FN3O3/c23-15-7-6-8-16(13-15)24-20(27)14-19-21(28)26(18-9-2-1-3-10-18)22(29)25(19)17-11-4-5-12-17/h1-3,6-10,13,17,19H,4-5,11-12,14H2,(H,24,27)/t19-/m1/s1. The molecule has 1 N–H and O–H groups in total. The second-order valence-electron chi connectivity index (χ2n) is 7.42. The van der Waals surface area contributed by atoms with Gasteiger partial charge in [-0.1, -0.05) is 37.1 Å². The van der Waals surface area contributed by atoms with Gasteiger partial charge in [0.1, 0.15) is 11.9 Å². The normalized spacial score (nSPS) is 19.8. The number of para-hydroxylation sites is 1. The fraction of sp³-hybridized carbons (Fsp3) is 0.318. The highest BCUT2D eigenvalue weighted by Crippen LogP contribution is 2.34. The molecule has 2 aromatic carbocycles. The Balaban J connectivity index is 1.57. The van der Waals surface area contributed by atoms with Crippen LogP contribution < -0.4 is 10.2 Å². The number of rotatable bonds is 5. The molecule has 0 radical (unpaired) electrons. The third-order valence-electron chi connectivity index (χ3n) is 5.47. The van der Waals surface area contributed by atoms with Crippen molar-refractivity contribution in [3.8, 4) is 0 Å². The Bertz CT molecular complexity index is 928. The minimum atomic E-state index is -0.862. The Morgan fingerprint density at radius 3 is 2.45 bits per heavy atom. The Kier molecular flexibility index (Phi) is 5.29. The fourth-order valence-corrected chi connectivity index (χ4v) is 4.16. The highest BCUT2D eigenvalue weighted by Gasteiger charge is 2.49. The molecule has 1 atom stereocenters. The highest BCUT2D eigenvalue weighted by molar-refractivity contribution is 6.22. The molecule has 1 aliphatic carbocycles. The number of amides is 4. The molecular weight excluding hydrogens is 373 g/mol. The number of carbonyl (C=O) groups is 3. The quantitative estimate of drug-likeness (QED) is 0.780. The lowest BCUT2D eigenvalue weighted by atomic mass is 10.1. The summed E-state index contributed by atoms with van der Waals surface area (Å²) in [6.45, 7) is 0. The summed E-state index contributed by atoms with van der Waals surface area (Å²) < 4.78 is 13.4. The SMILES string of the molecule is O=C(C[C@@H]1C(=O)N(c2ccccc2)C(=O)N1C1CCCC1)Nc1cccc(F)c1. The minimum Gasteiger partial charge on any atom is -0.326 e. The molecule has 4 rings (SSSR count). The van der Waals surface area contributed by atoms with Gasteiger partial charge < -0.3 is 10.2 Å². The first-order valence-corrected chi connectivity index (χ1v) is 9.81. The van der Waals surface area contributed by atoms with Gasteiger partial charge in [-0.3, -0.25) is 9.59 Å². The molecule has 0 unspecified atom stereocenters. The predicted molar refractivity (Wildman–Crippen MR) is 107 cm³/mol. The molecule has 150 valence electrons. The zero-order valence-corrected chi connectivity index (χ0v) is 15.9. The average molecular weight is 395 g/mol. The van der Waals surface area contributed by atoms with E-state index >= 15 is 0 Å². The first-order chi connectivity index (χ1) is 14.0. The van der Waals surface area contributed by atoms with E-state index in [-0.39, 0.29) is 18.5 Å². The van der Waals surface area contributed by atoms with Gasteiger partial charge in [0.05, 0.1) is 12.1 Å². The Morgan fingerprint density at radius 1 is 1.03 bits per heavy atom. The van der Waals surface area contributed by atoms with Gasteiger partial charge in [-0.25, -0.2) is 14.1 Å². The van der Waals surface area contributed by atoms with Crippen molar-refractivity contribution in [1.82, 2.24) is 4.90 Å². The molecule has 0 bridgehead atoms. The average Bonchev–Trinajstić information content (AvgIpc) is 3.30. The number of nitrogens with one attached hydrogen (secondary N) is 1. The summed E-state index contributed by atoms with van der Waals surface area (Å²) >= 11 is 0. The molecule has 4 amide bonds. The van der Waals surface area contributed by atoms with Gasteiger partial charge in [0, 0.05) is 11.7 Å². The second kappa shape index (κ2) is 8.03. The van der Waals surface area contributed by atoms with Crippen LogP contribution in [-0.4, -0.2) is 34.8 Å². The van der Waals surface area contributed by atoms with Gasteiger partial charge in [-0.05, 0) is 43.2 Å². The van der Waals surface area contributed by atoms with Crippen molar-refractivity contribution in [2.45, 2.75) is 44.2 Å². The number of anilines is 2. The maximum Gasteiger partial charge on any atom is 0.332 e. The van der Waals surface area contributed by atoms with Gasteiger partial charge in [-0.15, -0.1) is 0 Å². The van der Waals surface area contributed by atoms with Crippen LogP contribution in [0.5, 0.6) is 0 Å². The molecule has 29 heavy (non-hydrogen) atoms. The molecule has 0 aromatic heterocycles. The molecule has 2 aliphatic rings. The largest absolute Gasteiger partial charge is 0.332 e. The predicted octanol–water partition coefficient (Wildman–Crippen LogP) is 3.93. The van der Waals surface area contributed by atoms with E-state index in [2.05, 4.69) is 5.32 Å². The number of carbonyl (C=O) groups excluding carboxylic acids is 3. The Hall–Kier alpha value is -3.22. The van der Waals surface area contributed by atoms with Crippen molar-refractivity contribution in [2.24, 2.45) is 0 Å². The number of benzene rings is 2. The fourth-order valence-electron chi connectivity index (χ4n) is 4.16. The third kappa shape index (κ3) is 3.85. The summed E-state index contributed by atoms with van der Waals surface area (Å²) in [6.07, 6.45) is 3.47. The highest BCUT2D eigenvalue weighted by atomic mass is 19.1. The number of imide groups is 1. The number of nitrogens with zero attached hydrogens (tertiary/aromatic N) is 2. The molecule has 1 saturated heterocycles. The van der Waals surface area contributed by atoms with E-state index in [4.69, 9.17) is 0 Å². The summed E-state index contributed by atoms with van der Waals surface area (Å²) in [5.41, 5.74) is 0.817. The van der Waals surface area contributed by atoms with E-state index in [0.29, 0.717) is 11.4 Å². The van der Waals surface area contributed by atoms with Crippen LogP contribution >= 0.6 is 0 Å². The summed E-state index contributed by atoms with van der Waals surface area (Å²) in [4.78, 5) is 41.6. The third-order valence-corrected chi connectivity index (χ3v) is 5.47. The van der Waals surface area contributed by atoms with Gasteiger partial charge in [0.2, 0.25) is 5.91 Å². The minimum absolute atomic E-state index is 0.0490. The molecule has 7 heteroatoms. The summed E-state index contributed by atoms with van der Waals surface area (Å²) in [5.74, 6) is -1.29. The maximum absolute atomic E-state index is 13.4. The molecule has 1 heterocycles. The summed E-state index contributed by atoms with van der Waals surface area (Å²) in [5, 5.41) is 2.62. The van der Waals surface area contributed by atoms with E-state index in [1.807, 2.05) is 6.07 Å². The van der Waals surface area contributed by atoms with Crippen molar-refractivity contribution < 1.29 is 18.8 Å². The van der Waals surface area contributed by atoms with Gasteiger partial charge in [0.15, 0.2) is 0 Å². The lowest BCUT2D eigenvalue weighted by Crippen LogP contribution is -2.43. The summed E-state index contributed by atoms with van der Waals surface area (Å²) in [6, 6.07) is 13.0. The first-order valence-electron chi connectivity index (χ1n) is 9.81. The smallest absolute Gasteiger partial charge is 0.326 e. The molecule has 1 aliphatic heterocycles. The second-order valence-corrected chi connectivity index (χ2v) is 7.42. The van der Waals surface area contributed by atoms with Gasteiger partial charge in [0.25, 0.3) is 5.91 Å². The maximum atomic E-state index is 13.4. The zero-order chi connectivity index (χ0) is 20.4. The lowest BCUT2D eigenvalue weighted by Gasteiger charge is -2.27. The van der Waals surface area contributed by atoms with E-state index in [9.17, 15) is 18.8 Å². The Morgan fingerprint density at radius 2 is 1.76 bits per heavy atom. The van der Waals surface area contributed by atoms with E-state index < -0.39 is 23.7 Å². The van der Waals surface area contributed by atoms with Crippen LogP contribution in [0, 0.1) is 5.82 Å². The van der Waals surface area contributed by atoms with Gasteiger partial charge in [-0.2, -0.15) is 0 Å². The van der Waals surface area contributed by atoms with Crippen LogP contribution in [0.2, 0.25) is 0 Å². The van der Waals surface area contributed by atoms with Crippen molar-refractivity contribution in [2.75, 3.05) is 10.2 Å².